The highest BCUT2D eigenvalue weighted by Gasteiger charge is 2.47. The lowest BCUT2D eigenvalue weighted by molar-refractivity contribution is -0.173. The van der Waals surface area contributed by atoms with Crippen molar-refractivity contribution in [3.63, 3.8) is 0 Å². The summed E-state index contributed by atoms with van der Waals surface area (Å²) in [6, 6.07) is 14.2. The number of carbonyl (C=O) groups is 2. The van der Waals surface area contributed by atoms with Crippen molar-refractivity contribution in [3.05, 3.63) is 54.1 Å². The second kappa shape index (κ2) is 6.80. The van der Waals surface area contributed by atoms with Gasteiger partial charge in [-0.25, -0.2) is 0 Å². The number of hydrogen-bond acceptors (Lipinski definition) is 6. The molecule has 1 aliphatic rings. The molecule has 0 radical (unpaired) electrons. The van der Waals surface area contributed by atoms with Crippen LogP contribution >= 0.6 is 11.8 Å². The molecule has 25 heavy (non-hydrogen) atoms. The molecule has 1 aliphatic heterocycles. The van der Waals surface area contributed by atoms with Gasteiger partial charge in [-0.3, -0.25) is 9.59 Å². The lowest BCUT2D eigenvalue weighted by Crippen LogP contribution is -2.47. The fraction of sp³-hybridized carbons (Fsp3) is 0.263. The van der Waals surface area contributed by atoms with Crippen molar-refractivity contribution in [3.8, 4) is 5.75 Å². The second-order valence-electron chi connectivity index (χ2n) is 5.99. The van der Waals surface area contributed by atoms with Gasteiger partial charge in [-0.05, 0) is 43.3 Å². The Morgan fingerprint density at radius 2 is 1.76 bits per heavy atom. The standard InChI is InChI=1S/C19H19NO4S/c1-19(12-3-7-14(23-2)8-4-12)17(21)11-16(18(22)24-19)25-15-9-5-13(20)6-10-15/h3-10,16H,11,20H2,1-2H3. The number of ether oxygens (including phenoxy) is 2. The van der Waals surface area contributed by atoms with Gasteiger partial charge in [0.25, 0.3) is 0 Å². The Balaban J connectivity index is 1.77. The van der Waals surface area contributed by atoms with Crippen LogP contribution in [0.25, 0.3) is 0 Å². The summed E-state index contributed by atoms with van der Waals surface area (Å²) in [5.74, 6) is 0.170. The quantitative estimate of drug-likeness (QED) is 0.669. The average molecular weight is 357 g/mol. The maximum absolute atomic E-state index is 12.7. The van der Waals surface area contributed by atoms with E-state index >= 15 is 0 Å². The number of nitrogens with two attached hydrogens (primary N) is 1. The van der Waals surface area contributed by atoms with E-state index in [2.05, 4.69) is 0 Å². The molecule has 1 saturated heterocycles. The number of methoxy groups -OCH3 is 1. The van der Waals surface area contributed by atoms with Crippen LogP contribution in [0.3, 0.4) is 0 Å². The zero-order chi connectivity index (χ0) is 18.0. The first-order chi connectivity index (χ1) is 11.9. The minimum atomic E-state index is -1.26. The summed E-state index contributed by atoms with van der Waals surface area (Å²) in [4.78, 5) is 26.1. The fourth-order valence-electron chi connectivity index (χ4n) is 2.70. The topological polar surface area (TPSA) is 78.6 Å². The average Bonchev–Trinajstić information content (AvgIpc) is 2.61. The number of carbonyl (C=O) groups excluding carboxylic acids is 2. The summed E-state index contributed by atoms with van der Waals surface area (Å²) in [7, 11) is 1.57. The van der Waals surface area contributed by atoms with E-state index in [9.17, 15) is 9.59 Å². The Morgan fingerprint density at radius 3 is 2.36 bits per heavy atom. The first-order valence-corrected chi connectivity index (χ1v) is 8.73. The second-order valence-corrected chi connectivity index (χ2v) is 7.26. The van der Waals surface area contributed by atoms with Gasteiger partial charge in [0, 0.05) is 22.6 Å². The number of cyclic esters (lactones) is 1. The molecule has 0 bridgehead atoms. The molecule has 1 heterocycles. The molecule has 130 valence electrons. The number of hydrogen-bond donors (Lipinski definition) is 1. The van der Waals surface area contributed by atoms with E-state index in [-0.39, 0.29) is 18.2 Å². The van der Waals surface area contributed by atoms with Crippen molar-refractivity contribution in [2.45, 2.75) is 29.1 Å². The molecule has 0 aliphatic carbocycles. The van der Waals surface area contributed by atoms with Gasteiger partial charge in [0.15, 0.2) is 11.4 Å². The van der Waals surface area contributed by atoms with Crippen molar-refractivity contribution in [1.29, 1.82) is 0 Å². The molecule has 0 saturated carbocycles. The van der Waals surface area contributed by atoms with Gasteiger partial charge in [-0.15, -0.1) is 11.8 Å². The fourth-order valence-corrected chi connectivity index (χ4v) is 3.70. The van der Waals surface area contributed by atoms with Crippen molar-refractivity contribution < 1.29 is 19.1 Å². The molecule has 0 spiro atoms. The molecule has 2 atom stereocenters. The molecule has 0 amide bonds. The SMILES string of the molecule is COc1ccc(C2(C)OC(=O)C(Sc3ccc(N)cc3)CC2=O)cc1. The van der Waals surface area contributed by atoms with Gasteiger partial charge in [0.1, 0.15) is 11.0 Å². The van der Waals surface area contributed by atoms with Gasteiger partial charge in [0.2, 0.25) is 0 Å². The van der Waals surface area contributed by atoms with Crippen LogP contribution in [0.1, 0.15) is 18.9 Å². The minimum Gasteiger partial charge on any atom is -0.497 e. The van der Waals surface area contributed by atoms with E-state index < -0.39 is 10.9 Å². The lowest BCUT2D eigenvalue weighted by atomic mass is 9.86. The van der Waals surface area contributed by atoms with Crippen LogP contribution < -0.4 is 10.5 Å². The van der Waals surface area contributed by atoms with Crippen LogP contribution in [-0.4, -0.2) is 24.1 Å². The van der Waals surface area contributed by atoms with Crippen molar-refractivity contribution >= 4 is 29.2 Å². The van der Waals surface area contributed by atoms with Crippen molar-refractivity contribution in [2.24, 2.45) is 0 Å². The zero-order valence-corrected chi connectivity index (χ0v) is 14.8. The first kappa shape index (κ1) is 17.4. The van der Waals surface area contributed by atoms with Crippen LogP contribution in [0, 0.1) is 0 Å². The Labute approximate surface area is 150 Å². The van der Waals surface area contributed by atoms with Gasteiger partial charge < -0.3 is 15.2 Å². The molecule has 2 unspecified atom stereocenters. The van der Waals surface area contributed by atoms with Crippen LogP contribution in [0.2, 0.25) is 0 Å². The number of esters is 1. The number of thioether (sulfide) groups is 1. The van der Waals surface area contributed by atoms with E-state index in [0.717, 1.165) is 4.90 Å². The molecule has 2 aromatic carbocycles. The monoisotopic (exact) mass is 357 g/mol. The first-order valence-electron chi connectivity index (χ1n) is 7.85. The number of Topliss-reactive ketones (excluding diaryl/α,β-unsaturated/α-hetero) is 1. The minimum absolute atomic E-state index is 0.120. The van der Waals surface area contributed by atoms with E-state index in [0.29, 0.717) is 17.0 Å². The summed E-state index contributed by atoms with van der Waals surface area (Å²) in [6.45, 7) is 1.64. The lowest BCUT2D eigenvalue weighted by Gasteiger charge is -2.35. The van der Waals surface area contributed by atoms with E-state index in [4.69, 9.17) is 15.2 Å². The molecule has 2 aromatic rings. The zero-order valence-electron chi connectivity index (χ0n) is 14.0. The van der Waals surface area contributed by atoms with E-state index in [1.54, 1.807) is 50.4 Å². The number of anilines is 1. The van der Waals surface area contributed by atoms with Gasteiger partial charge in [0.05, 0.1) is 7.11 Å². The predicted octanol–water partition coefficient (Wildman–Crippen LogP) is 3.17. The normalized spacial score (nSPS) is 23.2. The maximum Gasteiger partial charge on any atom is 0.321 e. The number of ketones is 1. The molecule has 1 fully saturated rings. The van der Waals surface area contributed by atoms with Gasteiger partial charge in [-0.1, -0.05) is 12.1 Å². The molecular formula is C19H19NO4S. The van der Waals surface area contributed by atoms with Crippen LogP contribution in [-0.2, 0) is 19.9 Å². The Bertz CT molecular complexity index is 788. The largest absolute Gasteiger partial charge is 0.497 e. The smallest absolute Gasteiger partial charge is 0.321 e. The van der Waals surface area contributed by atoms with E-state index in [1.807, 2.05) is 12.1 Å². The third-order valence-corrected chi connectivity index (χ3v) is 5.46. The summed E-state index contributed by atoms with van der Waals surface area (Å²) in [5, 5.41) is -0.553. The van der Waals surface area contributed by atoms with Gasteiger partial charge >= 0.3 is 5.97 Å². The molecule has 6 heteroatoms. The van der Waals surface area contributed by atoms with Crippen LogP contribution in [0.15, 0.2) is 53.4 Å². The summed E-state index contributed by atoms with van der Waals surface area (Å²) in [5.41, 5.74) is 5.70. The van der Waals surface area contributed by atoms with E-state index in [1.165, 1.54) is 11.8 Å². The highest BCUT2D eigenvalue weighted by molar-refractivity contribution is 8.00. The molecule has 5 nitrogen and oxygen atoms in total. The Morgan fingerprint density at radius 1 is 1.12 bits per heavy atom. The third-order valence-electron chi connectivity index (χ3n) is 4.27. The Kier molecular flexibility index (Phi) is 4.72. The van der Waals surface area contributed by atoms with Crippen LogP contribution in [0.5, 0.6) is 5.75 Å². The molecule has 0 aromatic heterocycles. The van der Waals surface area contributed by atoms with Gasteiger partial charge in [-0.2, -0.15) is 0 Å². The maximum atomic E-state index is 12.7. The number of rotatable bonds is 4. The number of benzene rings is 2. The molecule has 3 rings (SSSR count). The van der Waals surface area contributed by atoms with Crippen molar-refractivity contribution in [2.75, 3.05) is 12.8 Å². The third kappa shape index (κ3) is 3.49. The summed E-state index contributed by atoms with van der Waals surface area (Å²) < 4.78 is 10.7. The highest BCUT2D eigenvalue weighted by Crippen LogP contribution is 2.38. The number of nitrogen functional groups attached to an aromatic ring is 1. The highest BCUT2D eigenvalue weighted by atomic mass is 32.2. The summed E-state index contributed by atoms with van der Waals surface area (Å²) >= 11 is 1.32. The molecular weight excluding hydrogens is 338 g/mol. The van der Waals surface area contributed by atoms with Crippen LogP contribution in [0.4, 0.5) is 5.69 Å². The molecule has 2 N–H and O–H groups in total. The predicted molar refractivity (Wildman–Crippen MR) is 96.6 cm³/mol. The summed E-state index contributed by atoms with van der Waals surface area (Å²) in [6.07, 6.45) is 0.121. The van der Waals surface area contributed by atoms with Crippen molar-refractivity contribution in [1.82, 2.24) is 0 Å². The Hall–Kier alpha value is -2.47.